The van der Waals surface area contributed by atoms with Gasteiger partial charge in [-0.3, -0.25) is 4.90 Å². The molecule has 2 aliphatic rings. The lowest BCUT2D eigenvalue weighted by atomic mass is 9.90. The van der Waals surface area contributed by atoms with Crippen molar-refractivity contribution in [3.8, 4) is 17.0 Å². The van der Waals surface area contributed by atoms with Crippen molar-refractivity contribution in [1.82, 2.24) is 29.5 Å². The standard InChI is InChI=1S/C30H35F3N8O/c1-39-12-14-40(15-13-39)21-7-9-22(10-8-21)41-29-26(28(35)36-18-37-29)27(38-41)23-11-6-19(17-24(23)34)16-20-4-2-3-5-25(20)42-30(31,32)33/h2-6,11,17-18,21-22H,7-10,12-16,34H2,1H3,(H2,35,36,37). The van der Waals surface area contributed by atoms with Gasteiger partial charge in [0.05, 0.1) is 11.4 Å². The summed E-state index contributed by atoms with van der Waals surface area (Å²) in [5.41, 5.74) is 16.4. The molecule has 1 saturated heterocycles. The van der Waals surface area contributed by atoms with E-state index in [1.54, 1.807) is 18.2 Å². The van der Waals surface area contributed by atoms with Crippen molar-refractivity contribution < 1.29 is 17.9 Å². The van der Waals surface area contributed by atoms with Crippen molar-refractivity contribution in [2.75, 3.05) is 44.7 Å². The summed E-state index contributed by atoms with van der Waals surface area (Å²) in [6.07, 6.45) is 1.08. The van der Waals surface area contributed by atoms with Crippen molar-refractivity contribution in [1.29, 1.82) is 0 Å². The Balaban J connectivity index is 1.25. The zero-order chi connectivity index (χ0) is 29.4. The van der Waals surface area contributed by atoms with Crippen LogP contribution in [0.25, 0.3) is 22.3 Å². The minimum Gasteiger partial charge on any atom is -0.405 e. The van der Waals surface area contributed by atoms with E-state index in [4.69, 9.17) is 16.6 Å². The Bertz CT molecular complexity index is 1560. The van der Waals surface area contributed by atoms with Gasteiger partial charge in [0.15, 0.2) is 5.65 Å². The van der Waals surface area contributed by atoms with Crippen molar-refractivity contribution in [3.05, 3.63) is 59.9 Å². The molecular formula is C30H35F3N8O. The predicted molar refractivity (Wildman–Crippen MR) is 156 cm³/mol. The molecule has 3 heterocycles. The molecule has 0 radical (unpaired) electrons. The molecule has 0 amide bonds. The maximum Gasteiger partial charge on any atom is 0.573 e. The van der Waals surface area contributed by atoms with E-state index in [-0.39, 0.29) is 18.2 Å². The molecule has 0 spiro atoms. The van der Waals surface area contributed by atoms with E-state index in [0.29, 0.717) is 45.4 Å². The van der Waals surface area contributed by atoms with Gasteiger partial charge >= 0.3 is 6.36 Å². The monoisotopic (exact) mass is 580 g/mol. The summed E-state index contributed by atoms with van der Waals surface area (Å²) in [5, 5.41) is 5.66. The van der Waals surface area contributed by atoms with Crippen LogP contribution in [0.15, 0.2) is 48.8 Å². The summed E-state index contributed by atoms with van der Waals surface area (Å²) >= 11 is 0. The lowest BCUT2D eigenvalue weighted by Gasteiger charge is -2.41. The second-order valence-electron chi connectivity index (χ2n) is 11.3. The van der Waals surface area contributed by atoms with Gasteiger partial charge in [0.25, 0.3) is 0 Å². The molecule has 222 valence electrons. The lowest BCUT2D eigenvalue weighted by Crippen LogP contribution is -2.49. The highest BCUT2D eigenvalue weighted by Crippen LogP contribution is 2.39. The fourth-order valence-electron chi connectivity index (χ4n) is 6.33. The third kappa shape index (κ3) is 5.86. The summed E-state index contributed by atoms with van der Waals surface area (Å²) in [6, 6.07) is 12.3. The molecule has 2 fully saturated rings. The van der Waals surface area contributed by atoms with Gasteiger partial charge < -0.3 is 21.1 Å². The van der Waals surface area contributed by atoms with E-state index in [9.17, 15) is 13.2 Å². The molecule has 0 atom stereocenters. The average molecular weight is 581 g/mol. The van der Waals surface area contributed by atoms with E-state index < -0.39 is 6.36 Å². The molecular weight excluding hydrogens is 545 g/mol. The Morgan fingerprint density at radius 1 is 0.929 bits per heavy atom. The number of piperazine rings is 1. The van der Waals surface area contributed by atoms with Gasteiger partial charge in [-0.1, -0.05) is 30.3 Å². The maximum absolute atomic E-state index is 12.9. The van der Waals surface area contributed by atoms with Gasteiger partial charge in [-0.2, -0.15) is 5.10 Å². The van der Waals surface area contributed by atoms with Gasteiger partial charge in [-0.05, 0) is 56.0 Å². The Kier molecular flexibility index (Phi) is 7.67. The molecule has 42 heavy (non-hydrogen) atoms. The number of ether oxygens (including phenoxy) is 1. The number of hydrogen-bond donors (Lipinski definition) is 2. The number of benzene rings is 2. The molecule has 9 nitrogen and oxygen atoms in total. The highest BCUT2D eigenvalue weighted by molar-refractivity contribution is 6.00. The quantitative estimate of drug-likeness (QED) is 0.311. The maximum atomic E-state index is 12.9. The Labute approximate surface area is 242 Å². The number of hydrogen-bond acceptors (Lipinski definition) is 8. The zero-order valence-electron chi connectivity index (χ0n) is 23.5. The summed E-state index contributed by atoms with van der Waals surface area (Å²) in [6.45, 7) is 4.44. The average Bonchev–Trinajstić information content (AvgIpc) is 3.35. The van der Waals surface area contributed by atoms with E-state index in [0.717, 1.165) is 57.4 Å². The number of fused-ring (bicyclic) bond motifs is 1. The summed E-state index contributed by atoms with van der Waals surface area (Å²) < 4.78 is 44.9. The van der Waals surface area contributed by atoms with Crippen LogP contribution >= 0.6 is 0 Å². The molecule has 1 saturated carbocycles. The van der Waals surface area contributed by atoms with Gasteiger partial charge in [0.2, 0.25) is 0 Å². The molecule has 4 N–H and O–H groups in total. The van der Waals surface area contributed by atoms with Crippen LogP contribution in [0.5, 0.6) is 5.75 Å². The molecule has 4 aromatic rings. The highest BCUT2D eigenvalue weighted by Gasteiger charge is 2.33. The molecule has 0 unspecified atom stereocenters. The van der Waals surface area contributed by atoms with Crippen LogP contribution in [-0.4, -0.2) is 75.2 Å². The second-order valence-corrected chi connectivity index (χ2v) is 11.3. The van der Waals surface area contributed by atoms with Crippen molar-refractivity contribution in [3.63, 3.8) is 0 Å². The Morgan fingerprint density at radius 2 is 1.64 bits per heavy atom. The first-order chi connectivity index (χ1) is 20.2. The Morgan fingerprint density at radius 3 is 2.36 bits per heavy atom. The molecule has 12 heteroatoms. The Hall–Kier alpha value is -3.90. The number of nitrogens with two attached hydrogens (primary N) is 2. The van der Waals surface area contributed by atoms with Crippen molar-refractivity contribution in [2.45, 2.75) is 50.6 Å². The van der Waals surface area contributed by atoms with E-state index in [1.807, 2.05) is 16.8 Å². The molecule has 1 aliphatic heterocycles. The molecule has 1 aliphatic carbocycles. The van der Waals surface area contributed by atoms with Gasteiger partial charge in [-0.25, -0.2) is 14.6 Å². The molecule has 6 rings (SSSR count). The smallest absolute Gasteiger partial charge is 0.405 e. The van der Waals surface area contributed by atoms with Crippen LogP contribution < -0.4 is 16.2 Å². The van der Waals surface area contributed by atoms with Crippen LogP contribution in [0.3, 0.4) is 0 Å². The third-order valence-electron chi connectivity index (χ3n) is 8.55. The summed E-state index contributed by atoms with van der Waals surface area (Å²) in [7, 11) is 2.18. The molecule has 2 aromatic heterocycles. The fourth-order valence-corrected chi connectivity index (χ4v) is 6.33. The van der Waals surface area contributed by atoms with Crippen LogP contribution in [0.4, 0.5) is 24.7 Å². The van der Waals surface area contributed by atoms with Gasteiger partial charge in [0, 0.05) is 49.9 Å². The predicted octanol–water partition coefficient (Wildman–Crippen LogP) is 4.88. The second kappa shape index (κ2) is 11.4. The largest absolute Gasteiger partial charge is 0.573 e. The van der Waals surface area contributed by atoms with Crippen molar-refractivity contribution in [2.24, 2.45) is 0 Å². The number of para-hydroxylation sites is 1. The van der Waals surface area contributed by atoms with Crippen LogP contribution in [0, 0.1) is 0 Å². The van der Waals surface area contributed by atoms with E-state index in [2.05, 4.69) is 31.6 Å². The van der Waals surface area contributed by atoms with Crippen LogP contribution in [0.1, 0.15) is 42.9 Å². The number of likely N-dealkylation sites (N-methyl/N-ethyl adjacent to an activating group) is 1. The zero-order valence-corrected chi connectivity index (χ0v) is 23.5. The number of halogens is 3. The topological polar surface area (TPSA) is 111 Å². The first-order valence-corrected chi connectivity index (χ1v) is 14.3. The number of rotatable bonds is 6. The number of alkyl halides is 3. The van der Waals surface area contributed by atoms with Crippen molar-refractivity contribution >= 4 is 22.5 Å². The summed E-state index contributed by atoms with van der Waals surface area (Å²) in [5.74, 6) is 0.0960. The van der Waals surface area contributed by atoms with Crippen LogP contribution in [0.2, 0.25) is 0 Å². The number of aromatic nitrogens is 4. The molecule has 0 bridgehead atoms. The molecule has 2 aromatic carbocycles. The lowest BCUT2D eigenvalue weighted by molar-refractivity contribution is -0.274. The summed E-state index contributed by atoms with van der Waals surface area (Å²) in [4.78, 5) is 13.8. The number of anilines is 2. The third-order valence-corrected chi connectivity index (χ3v) is 8.55. The van der Waals surface area contributed by atoms with Gasteiger partial charge in [-0.15, -0.1) is 13.2 Å². The van der Waals surface area contributed by atoms with E-state index >= 15 is 0 Å². The SMILES string of the molecule is CN1CCN(C2CCC(n3nc(-c4ccc(Cc5ccccc5OC(F)(F)F)cc4N)c4c(N)ncnc43)CC2)CC1. The first kappa shape index (κ1) is 28.2. The number of nitrogen functional groups attached to an aromatic ring is 2. The minimum absolute atomic E-state index is 0.185. The number of nitrogens with zero attached hydrogens (tertiary/aromatic N) is 6. The first-order valence-electron chi connectivity index (χ1n) is 14.3. The normalized spacial score (nSPS) is 20.7. The fraction of sp³-hybridized carbons (Fsp3) is 0.433. The minimum atomic E-state index is -4.77. The van der Waals surface area contributed by atoms with E-state index in [1.165, 1.54) is 18.5 Å². The van der Waals surface area contributed by atoms with Crippen LogP contribution in [-0.2, 0) is 6.42 Å². The highest BCUT2D eigenvalue weighted by atomic mass is 19.4. The van der Waals surface area contributed by atoms with Gasteiger partial charge in [0.1, 0.15) is 23.6 Å².